The fourth-order valence-corrected chi connectivity index (χ4v) is 2.75. The molecule has 1 saturated heterocycles. The van der Waals surface area contributed by atoms with Gasteiger partial charge in [-0.05, 0) is 37.6 Å². The number of hydrogen-bond acceptors (Lipinski definition) is 2. The van der Waals surface area contributed by atoms with E-state index in [4.69, 9.17) is 0 Å². The quantitative estimate of drug-likeness (QED) is 0.857. The Kier molecular flexibility index (Phi) is 4.97. The maximum atomic E-state index is 4.25. The molecule has 1 aromatic carbocycles. The topological polar surface area (TPSA) is 15.3 Å². The number of likely N-dealkylation sites (N-methyl/N-ethyl adjacent to an activating group) is 1. The van der Waals surface area contributed by atoms with Crippen LogP contribution >= 0.6 is 0 Å². The predicted octanol–water partition coefficient (Wildman–Crippen LogP) is 2.77. The molecule has 0 radical (unpaired) electrons. The highest BCUT2D eigenvalue weighted by molar-refractivity contribution is 5.64. The largest absolute Gasteiger partial charge is 0.318 e. The zero-order valence-corrected chi connectivity index (χ0v) is 11.4. The zero-order valence-electron chi connectivity index (χ0n) is 11.4. The number of likely N-dealkylation sites (tertiary alicyclic amines) is 1. The smallest absolute Gasteiger partial charge is 0.0237 e. The van der Waals surface area contributed by atoms with E-state index in [1.165, 1.54) is 36.9 Å². The lowest BCUT2D eigenvalue weighted by atomic mass is 9.99. The third kappa shape index (κ3) is 3.44. The Balaban J connectivity index is 1.96. The molecule has 2 rings (SSSR count). The van der Waals surface area contributed by atoms with Crippen LogP contribution in [0.3, 0.4) is 0 Å². The van der Waals surface area contributed by atoms with Gasteiger partial charge >= 0.3 is 0 Å². The minimum absolute atomic E-state index is 0.671. The minimum atomic E-state index is 0.671. The fourth-order valence-electron chi connectivity index (χ4n) is 2.75. The van der Waals surface area contributed by atoms with Crippen molar-refractivity contribution in [3.8, 4) is 0 Å². The average molecular weight is 244 g/mol. The van der Waals surface area contributed by atoms with Gasteiger partial charge in [0.1, 0.15) is 0 Å². The van der Waals surface area contributed by atoms with Crippen LogP contribution in [-0.2, 0) is 0 Å². The van der Waals surface area contributed by atoms with Gasteiger partial charge in [0.25, 0.3) is 0 Å². The number of benzene rings is 1. The van der Waals surface area contributed by atoms with E-state index in [0.29, 0.717) is 6.04 Å². The first-order valence-corrected chi connectivity index (χ1v) is 6.93. The Hall–Kier alpha value is -1.12. The highest BCUT2D eigenvalue weighted by Crippen LogP contribution is 2.21. The molecule has 0 aliphatic carbocycles. The van der Waals surface area contributed by atoms with E-state index in [2.05, 4.69) is 47.1 Å². The summed E-state index contributed by atoms with van der Waals surface area (Å²) in [5.41, 5.74) is 2.50. The molecule has 1 fully saturated rings. The van der Waals surface area contributed by atoms with Crippen molar-refractivity contribution in [1.82, 2.24) is 10.2 Å². The molecule has 1 heterocycles. The van der Waals surface area contributed by atoms with Crippen LogP contribution in [0, 0.1) is 0 Å². The maximum Gasteiger partial charge on any atom is 0.0237 e. The molecule has 0 amide bonds. The van der Waals surface area contributed by atoms with E-state index < -0.39 is 0 Å². The first-order chi connectivity index (χ1) is 8.81. The van der Waals surface area contributed by atoms with Crippen molar-refractivity contribution in [3.63, 3.8) is 0 Å². The van der Waals surface area contributed by atoms with Gasteiger partial charge in [0.15, 0.2) is 0 Å². The summed E-state index contributed by atoms with van der Waals surface area (Å²) in [5.74, 6) is 0. The van der Waals surface area contributed by atoms with Gasteiger partial charge in [-0.25, -0.2) is 0 Å². The molecule has 0 aromatic heterocycles. The van der Waals surface area contributed by atoms with Gasteiger partial charge in [0, 0.05) is 19.1 Å². The summed E-state index contributed by atoms with van der Waals surface area (Å²) in [6.07, 6.45) is 3.99. The van der Waals surface area contributed by atoms with Crippen molar-refractivity contribution in [2.75, 3.05) is 26.7 Å². The van der Waals surface area contributed by atoms with Crippen molar-refractivity contribution < 1.29 is 0 Å². The molecule has 0 saturated carbocycles. The molecule has 0 bridgehead atoms. The molecule has 1 aliphatic heterocycles. The van der Waals surface area contributed by atoms with E-state index in [1.54, 1.807) is 0 Å². The summed E-state index contributed by atoms with van der Waals surface area (Å²) >= 11 is 0. The maximum absolute atomic E-state index is 4.25. The van der Waals surface area contributed by atoms with Crippen LogP contribution in [0.4, 0.5) is 0 Å². The summed E-state index contributed by atoms with van der Waals surface area (Å²) in [6.45, 7) is 7.54. The van der Waals surface area contributed by atoms with Crippen LogP contribution in [0.1, 0.15) is 24.8 Å². The van der Waals surface area contributed by atoms with Gasteiger partial charge in [-0.2, -0.15) is 0 Å². The van der Waals surface area contributed by atoms with E-state index in [1.807, 2.05) is 7.05 Å². The van der Waals surface area contributed by atoms with Crippen LogP contribution < -0.4 is 5.32 Å². The molecule has 98 valence electrons. The van der Waals surface area contributed by atoms with Crippen molar-refractivity contribution in [2.24, 2.45) is 0 Å². The van der Waals surface area contributed by atoms with Gasteiger partial charge in [-0.15, -0.1) is 0 Å². The SMILES string of the molecule is C=C(CN1CCCCC1CNC)c1ccccc1. The van der Waals surface area contributed by atoms with Crippen LogP contribution in [-0.4, -0.2) is 37.6 Å². The molecule has 1 aromatic rings. The molecule has 2 heteroatoms. The highest BCUT2D eigenvalue weighted by Gasteiger charge is 2.22. The second kappa shape index (κ2) is 6.72. The normalized spacial score (nSPS) is 20.8. The van der Waals surface area contributed by atoms with Crippen molar-refractivity contribution >= 4 is 5.57 Å². The van der Waals surface area contributed by atoms with Crippen LogP contribution in [0.5, 0.6) is 0 Å². The summed E-state index contributed by atoms with van der Waals surface area (Å²) in [6, 6.07) is 11.2. The molecule has 0 spiro atoms. The van der Waals surface area contributed by atoms with Crippen LogP contribution in [0.2, 0.25) is 0 Å². The lowest BCUT2D eigenvalue weighted by Crippen LogP contribution is -2.45. The zero-order chi connectivity index (χ0) is 12.8. The lowest BCUT2D eigenvalue weighted by Gasteiger charge is -2.36. The summed E-state index contributed by atoms with van der Waals surface area (Å²) in [5, 5.41) is 3.31. The molecule has 1 aliphatic rings. The van der Waals surface area contributed by atoms with Crippen molar-refractivity contribution in [3.05, 3.63) is 42.5 Å². The third-order valence-corrected chi connectivity index (χ3v) is 3.76. The van der Waals surface area contributed by atoms with Crippen molar-refractivity contribution in [1.29, 1.82) is 0 Å². The monoisotopic (exact) mass is 244 g/mol. The Morgan fingerprint density at radius 3 is 2.83 bits per heavy atom. The van der Waals surface area contributed by atoms with Gasteiger partial charge in [0.2, 0.25) is 0 Å². The van der Waals surface area contributed by atoms with Crippen LogP contribution in [0.15, 0.2) is 36.9 Å². The molecule has 1 N–H and O–H groups in total. The minimum Gasteiger partial charge on any atom is -0.318 e. The lowest BCUT2D eigenvalue weighted by molar-refractivity contribution is 0.167. The third-order valence-electron chi connectivity index (χ3n) is 3.76. The molecule has 18 heavy (non-hydrogen) atoms. The Morgan fingerprint density at radius 2 is 2.11 bits per heavy atom. The second-order valence-electron chi connectivity index (χ2n) is 5.15. The number of rotatable bonds is 5. The molecule has 1 atom stereocenters. The molecule has 1 unspecified atom stereocenters. The van der Waals surface area contributed by atoms with Gasteiger partial charge in [-0.1, -0.05) is 43.3 Å². The van der Waals surface area contributed by atoms with Gasteiger partial charge in [0.05, 0.1) is 0 Å². The average Bonchev–Trinajstić information content (AvgIpc) is 2.42. The number of hydrogen-bond donors (Lipinski definition) is 1. The Morgan fingerprint density at radius 1 is 1.33 bits per heavy atom. The summed E-state index contributed by atoms with van der Waals surface area (Å²) in [4.78, 5) is 2.58. The standard InChI is InChI=1S/C16H24N2/c1-14(15-8-4-3-5-9-15)13-18-11-7-6-10-16(18)12-17-2/h3-5,8-9,16-17H,1,6-7,10-13H2,2H3. The van der Waals surface area contributed by atoms with E-state index in [-0.39, 0.29) is 0 Å². The Labute approximate surface area is 111 Å². The number of piperidine rings is 1. The Bertz CT molecular complexity index is 370. The van der Waals surface area contributed by atoms with E-state index in [0.717, 1.165) is 13.1 Å². The summed E-state index contributed by atoms with van der Waals surface area (Å²) < 4.78 is 0. The van der Waals surface area contributed by atoms with E-state index in [9.17, 15) is 0 Å². The van der Waals surface area contributed by atoms with E-state index >= 15 is 0 Å². The molecular weight excluding hydrogens is 220 g/mol. The first kappa shape index (κ1) is 13.3. The van der Waals surface area contributed by atoms with Gasteiger partial charge < -0.3 is 5.32 Å². The number of nitrogens with zero attached hydrogens (tertiary/aromatic N) is 1. The van der Waals surface area contributed by atoms with Crippen LogP contribution in [0.25, 0.3) is 5.57 Å². The number of nitrogens with one attached hydrogen (secondary N) is 1. The fraction of sp³-hybridized carbons (Fsp3) is 0.500. The predicted molar refractivity (Wildman–Crippen MR) is 78.6 cm³/mol. The molecule has 2 nitrogen and oxygen atoms in total. The summed E-state index contributed by atoms with van der Waals surface area (Å²) in [7, 11) is 2.04. The highest BCUT2D eigenvalue weighted by atomic mass is 15.2. The van der Waals surface area contributed by atoms with Gasteiger partial charge in [-0.3, -0.25) is 4.90 Å². The van der Waals surface area contributed by atoms with Crippen molar-refractivity contribution in [2.45, 2.75) is 25.3 Å². The molecular formula is C16H24N2. The first-order valence-electron chi connectivity index (χ1n) is 6.93. The second-order valence-corrected chi connectivity index (χ2v) is 5.15.